The van der Waals surface area contributed by atoms with Gasteiger partial charge in [0.1, 0.15) is 0 Å². The molecule has 1 fully saturated rings. The number of hydrogen-bond donors (Lipinski definition) is 2. The number of aliphatic hydroxyl groups excluding tert-OH is 1. The number of hydrogen-bond acceptors (Lipinski definition) is 6. The van der Waals surface area contributed by atoms with E-state index in [4.69, 9.17) is 0 Å². The lowest BCUT2D eigenvalue weighted by Crippen LogP contribution is -2.34. The molecule has 1 aliphatic carbocycles. The van der Waals surface area contributed by atoms with E-state index >= 15 is 0 Å². The average molecular weight is 313 g/mol. The van der Waals surface area contributed by atoms with Crippen LogP contribution in [-0.2, 0) is 4.79 Å². The molecule has 1 heterocycles. The van der Waals surface area contributed by atoms with Gasteiger partial charge in [0.2, 0.25) is 11.1 Å². The Morgan fingerprint density at radius 2 is 2.19 bits per heavy atom. The first-order valence-electron chi connectivity index (χ1n) is 7.39. The van der Waals surface area contributed by atoms with Crippen LogP contribution in [0.1, 0.15) is 46.1 Å². The fourth-order valence-electron chi connectivity index (χ4n) is 1.84. The van der Waals surface area contributed by atoms with E-state index in [0.717, 1.165) is 12.8 Å². The van der Waals surface area contributed by atoms with Crippen molar-refractivity contribution < 1.29 is 9.90 Å². The normalized spacial score (nSPS) is 17.8. The maximum absolute atomic E-state index is 12.0. The lowest BCUT2D eigenvalue weighted by molar-refractivity contribution is -0.120. The predicted octanol–water partition coefficient (Wildman–Crippen LogP) is 1.01. The maximum Gasteiger partial charge on any atom is 0.233 e. The van der Waals surface area contributed by atoms with Crippen molar-refractivity contribution in [3.63, 3.8) is 0 Å². The number of rotatable bonds is 8. The van der Waals surface area contributed by atoms with Gasteiger partial charge in [0.25, 0.3) is 0 Å². The number of carbonyl (C=O) groups excluding carboxylic acids is 1. The van der Waals surface area contributed by atoms with Crippen LogP contribution >= 0.6 is 11.8 Å². The first kappa shape index (κ1) is 16.2. The minimum Gasteiger partial charge on any atom is -0.393 e. The zero-order chi connectivity index (χ0) is 15.4. The van der Waals surface area contributed by atoms with E-state index in [9.17, 15) is 9.90 Å². The Kier molecular flexibility index (Phi) is 5.58. The molecular weight excluding hydrogens is 290 g/mol. The van der Waals surface area contributed by atoms with E-state index in [0.29, 0.717) is 24.2 Å². The van der Waals surface area contributed by atoms with Crippen LogP contribution in [0, 0.1) is 5.92 Å². The van der Waals surface area contributed by atoms with Crippen LogP contribution in [0.2, 0.25) is 0 Å². The molecule has 2 N–H and O–H groups in total. The molecule has 8 heteroatoms. The van der Waals surface area contributed by atoms with Gasteiger partial charge in [0, 0.05) is 6.54 Å². The number of nitrogens with one attached hydrogen (secondary N) is 1. The molecule has 1 saturated carbocycles. The van der Waals surface area contributed by atoms with Crippen LogP contribution < -0.4 is 5.32 Å². The predicted molar refractivity (Wildman–Crippen MR) is 79.9 cm³/mol. The summed E-state index contributed by atoms with van der Waals surface area (Å²) in [5, 5.41) is 24.6. The summed E-state index contributed by atoms with van der Waals surface area (Å²) in [4.78, 5) is 12.0. The third kappa shape index (κ3) is 4.67. The highest BCUT2D eigenvalue weighted by molar-refractivity contribution is 8.00. The van der Waals surface area contributed by atoms with E-state index in [1.165, 1.54) is 11.8 Å². The third-order valence-electron chi connectivity index (χ3n) is 3.52. The lowest BCUT2D eigenvalue weighted by Gasteiger charge is -2.16. The van der Waals surface area contributed by atoms with Crippen LogP contribution in [0.15, 0.2) is 5.16 Å². The van der Waals surface area contributed by atoms with E-state index in [-0.39, 0.29) is 23.2 Å². The number of thioether (sulfide) groups is 1. The van der Waals surface area contributed by atoms with Crippen LogP contribution in [0.4, 0.5) is 0 Å². The Balaban J connectivity index is 1.76. The van der Waals surface area contributed by atoms with Crippen molar-refractivity contribution in [1.29, 1.82) is 0 Å². The monoisotopic (exact) mass is 313 g/mol. The molecule has 118 valence electrons. The summed E-state index contributed by atoms with van der Waals surface area (Å²) in [7, 11) is 0. The molecular formula is C13H23N5O2S. The molecule has 21 heavy (non-hydrogen) atoms. The molecule has 0 aromatic carbocycles. The first-order valence-corrected chi connectivity index (χ1v) is 8.27. The summed E-state index contributed by atoms with van der Waals surface area (Å²) in [6.45, 7) is 6.24. The highest BCUT2D eigenvalue weighted by atomic mass is 32.2. The molecule has 1 aromatic rings. The number of aromatic nitrogens is 4. The minimum atomic E-state index is -0.379. The average Bonchev–Trinajstić information content (AvgIpc) is 3.18. The summed E-state index contributed by atoms with van der Waals surface area (Å²) in [5.74, 6) is 0.151. The van der Waals surface area contributed by atoms with Crippen LogP contribution in [0.25, 0.3) is 0 Å². The highest BCUT2D eigenvalue weighted by Crippen LogP contribution is 2.37. The molecule has 0 radical (unpaired) electrons. The summed E-state index contributed by atoms with van der Waals surface area (Å²) >= 11 is 1.37. The molecule has 2 atom stereocenters. The van der Waals surface area contributed by atoms with Gasteiger partial charge in [-0.25, -0.2) is 4.68 Å². The molecule has 1 aromatic heterocycles. The van der Waals surface area contributed by atoms with Crippen molar-refractivity contribution in [2.24, 2.45) is 5.92 Å². The second-order valence-corrected chi connectivity index (χ2v) is 7.10. The van der Waals surface area contributed by atoms with Gasteiger partial charge in [-0.3, -0.25) is 4.79 Å². The standard InChI is InChI=1S/C13H23N5O2S/c1-8(2)11(19)6-7-14-12(20)9(3)21-13-15-16-17-18(13)10-4-5-10/h8-11,19H,4-7H2,1-3H3,(H,14,20)/t9-,11+/m1/s1. The smallest absolute Gasteiger partial charge is 0.233 e. The molecule has 2 rings (SSSR count). The first-order chi connectivity index (χ1) is 9.99. The van der Waals surface area contributed by atoms with Crippen molar-refractivity contribution in [3.05, 3.63) is 0 Å². The van der Waals surface area contributed by atoms with Crippen LogP contribution in [0.3, 0.4) is 0 Å². The summed E-state index contributed by atoms with van der Waals surface area (Å²) in [6.07, 6.45) is 2.40. The fraction of sp³-hybridized carbons (Fsp3) is 0.846. The maximum atomic E-state index is 12.0. The minimum absolute atomic E-state index is 0.0543. The van der Waals surface area contributed by atoms with E-state index in [2.05, 4.69) is 20.8 Å². The van der Waals surface area contributed by atoms with Gasteiger partial charge in [-0.1, -0.05) is 25.6 Å². The van der Waals surface area contributed by atoms with Crippen molar-refractivity contribution in [2.75, 3.05) is 6.54 Å². The molecule has 1 amide bonds. The largest absolute Gasteiger partial charge is 0.393 e. The molecule has 1 aliphatic rings. The molecule has 0 spiro atoms. The number of tetrazole rings is 1. The Hall–Kier alpha value is -1.15. The number of amides is 1. The second kappa shape index (κ2) is 7.22. The molecule has 0 bridgehead atoms. The number of nitrogens with zero attached hydrogens (tertiary/aromatic N) is 4. The Morgan fingerprint density at radius 3 is 2.81 bits per heavy atom. The van der Waals surface area contributed by atoms with Gasteiger partial charge >= 0.3 is 0 Å². The van der Waals surface area contributed by atoms with Gasteiger partial charge < -0.3 is 10.4 Å². The quantitative estimate of drug-likeness (QED) is 0.696. The topological polar surface area (TPSA) is 92.9 Å². The molecule has 0 saturated heterocycles. The third-order valence-corrected chi connectivity index (χ3v) is 4.56. The fourth-order valence-corrected chi connectivity index (χ4v) is 2.73. The van der Waals surface area contributed by atoms with Crippen molar-refractivity contribution >= 4 is 17.7 Å². The molecule has 0 aliphatic heterocycles. The SMILES string of the molecule is CC(C)[C@@H](O)CCNC(=O)[C@@H](C)Sc1nnnn1C1CC1. The van der Waals surface area contributed by atoms with Gasteiger partial charge in [-0.15, -0.1) is 5.10 Å². The van der Waals surface area contributed by atoms with Gasteiger partial charge in [-0.2, -0.15) is 0 Å². The zero-order valence-corrected chi connectivity index (χ0v) is 13.5. The van der Waals surface area contributed by atoms with Crippen molar-refractivity contribution in [2.45, 2.75) is 62.6 Å². The van der Waals surface area contributed by atoms with E-state index in [1.54, 1.807) is 4.68 Å². The Morgan fingerprint density at radius 1 is 1.48 bits per heavy atom. The van der Waals surface area contributed by atoms with Crippen LogP contribution in [-0.4, -0.2) is 49.1 Å². The van der Waals surface area contributed by atoms with E-state index in [1.807, 2.05) is 20.8 Å². The van der Waals surface area contributed by atoms with Crippen LogP contribution in [0.5, 0.6) is 0 Å². The highest BCUT2D eigenvalue weighted by Gasteiger charge is 2.29. The van der Waals surface area contributed by atoms with Gasteiger partial charge in [0.15, 0.2) is 0 Å². The van der Waals surface area contributed by atoms with Gasteiger partial charge in [0.05, 0.1) is 17.4 Å². The van der Waals surface area contributed by atoms with E-state index < -0.39 is 0 Å². The van der Waals surface area contributed by atoms with Gasteiger partial charge in [-0.05, 0) is 42.5 Å². The van der Waals surface area contributed by atoms with Crippen molar-refractivity contribution in [3.8, 4) is 0 Å². The zero-order valence-electron chi connectivity index (χ0n) is 12.7. The number of aliphatic hydroxyl groups is 1. The Labute approximate surface area is 128 Å². The second-order valence-electron chi connectivity index (χ2n) is 5.79. The Bertz CT molecular complexity index is 475. The number of carbonyl (C=O) groups is 1. The molecule has 7 nitrogen and oxygen atoms in total. The summed E-state index contributed by atoms with van der Waals surface area (Å²) in [6, 6.07) is 0.402. The lowest BCUT2D eigenvalue weighted by atomic mass is 10.0. The van der Waals surface area contributed by atoms with Crippen molar-refractivity contribution in [1.82, 2.24) is 25.5 Å². The molecule has 0 unspecified atom stereocenters. The summed E-state index contributed by atoms with van der Waals surface area (Å²) in [5.41, 5.74) is 0. The summed E-state index contributed by atoms with van der Waals surface area (Å²) < 4.78 is 1.80.